The molecule has 0 aliphatic carbocycles. The summed E-state index contributed by atoms with van der Waals surface area (Å²) in [6, 6.07) is 5.47. The predicted octanol–water partition coefficient (Wildman–Crippen LogP) is 2.05. The standard InChI is InChI=1S/C12H15N3OS/c1-17-6-2-5-13-12(16)9-3-4-10-11(7-9)15-8-14-10/h3-4,7-8H,2,5-6H2,1H3,(H,13,16)(H,14,15). The van der Waals surface area contributed by atoms with Gasteiger partial charge in [-0.05, 0) is 36.6 Å². The number of rotatable bonds is 5. The lowest BCUT2D eigenvalue weighted by Crippen LogP contribution is -2.24. The molecule has 1 aromatic carbocycles. The molecule has 0 radical (unpaired) electrons. The van der Waals surface area contributed by atoms with Gasteiger partial charge in [0.05, 0.1) is 17.4 Å². The van der Waals surface area contributed by atoms with Crippen LogP contribution in [-0.2, 0) is 0 Å². The molecule has 0 aliphatic rings. The molecule has 0 aliphatic heterocycles. The maximum atomic E-state index is 11.8. The minimum Gasteiger partial charge on any atom is -0.352 e. The molecule has 2 rings (SSSR count). The van der Waals surface area contributed by atoms with E-state index in [2.05, 4.69) is 21.5 Å². The summed E-state index contributed by atoms with van der Waals surface area (Å²) in [4.78, 5) is 18.9. The summed E-state index contributed by atoms with van der Waals surface area (Å²) < 4.78 is 0. The Balaban J connectivity index is 1.98. The summed E-state index contributed by atoms with van der Waals surface area (Å²) in [6.45, 7) is 0.723. The average molecular weight is 249 g/mol. The van der Waals surface area contributed by atoms with Crippen LogP contribution in [0, 0.1) is 0 Å². The van der Waals surface area contributed by atoms with Crippen LogP contribution in [0.2, 0.25) is 0 Å². The van der Waals surface area contributed by atoms with Crippen LogP contribution in [0.1, 0.15) is 16.8 Å². The van der Waals surface area contributed by atoms with Crippen LogP contribution in [0.25, 0.3) is 11.0 Å². The van der Waals surface area contributed by atoms with Crippen molar-refractivity contribution in [2.45, 2.75) is 6.42 Å². The van der Waals surface area contributed by atoms with Gasteiger partial charge < -0.3 is 10.3 Å². The molecule has 1 aromatic heterocycles. The zero-order valence-corrected chi connectivity index (χ0v) is 10.5. The van der Waals surface area contributed by atoms with Crippen molar-refractivity contribution in [3.8, 4) is 0 Å². The Hall–Kier alpha value is -1.49. The second-order valence-electron chi connectivity index (χ2n) is 3.74. The number of carbonyl (C=O) groups excluding carboxylic acids is 1. The van der Waals surface area contributed by atoms with Crippen molar-refractivity contribution in [3.05, 3.63) is 30.1 Å². The number of benzene rings is 1. The van der Waals surface area contributed by atoms with Gasteiger partial charge in [-0.1, -0.05) is 0 Å². The smallest absolute Gasteiger partial charge is 0.251 e. The highest BCUT2D eigenvalue weighted by Crippen LogP contribution is 2.11. The summed E-state index contributed by atoms with van der Waals surface area (Å²) in [5.74, 6) is 1.04. The van der Waals surface area contributed by atoms with Gasteiger partial charge in [-0.15, -0.1) is 0 Å². The Bertz CT molecular complexity index is 509. The number of aromatic nitrogens is 2. The number of imidazole rings is 1. The van der Waals surface area contributed by atoms with Gasteiger partial charge in [0.1, 0.15) is 0 Å². The van der Waals surface area contributed by atoms with Gasteiger partial charge in [0, 0.05) is 12.1 Å². The first-order chi connectivity index (χ1) is 8.31. The van der Waals surface area contributed by atoms with Gasteiger partial charge in [-0.3, -0.25) is 4.79 Å². The normalized spacial score (nSPS) is 10.6. The molecular weight excluding hydrogens is 234 g/mol. The molecule has 4 nitrogen and oxygen atoms in total. The van der Waals surface area contributed by atoms with Crippen molar-refractivity contribution < 1.29 is 4.79 Å². The fourth-order valence-electron chi connectivity index (χ4n) is 1.60. The summed E-state index contributed by atoms with van der Waals surface area (Å²) in [6.07, 6.45) is 4.69. The van der Waals surface area contributed by atoms with Gasteiger partial charge in [0.25, 0.3) is 5.91 Å². The summed E-state index contributed by atoms with van der Waals surface area (Å²) >= 11 is 1.79. The molecule has 90 valence electrons. The Morgan fingerprint density at radius 2 is 2.41 bits per heavy atom. The molecule has 1 amide bonds. The number of hydrogen-bond acceptors (Lipinski definition) is 3. The molecule has 0 spiro atoms. The number of nitrogens with zero attached hydrogens (tertiary/aromatic N) is 1. The maximum absolute atomic E-state index is 11.8. The van der Waals surface area contributed by atoms with Crippen molar-refractivity contribution >= 4 is 28.7 Å². The molecule has 2 aromatic rings. The first kappa shape index (κ1) is 12.0. The third-order valence-electron chi connectivity index (χ3n) is 2.49. The Morgan fingerprint density at radius 3 is 3.24 bits per heavy atom. The van der Waals surface area contributed by atoms with E-state index in [1.807, 2.05) is 12.1 Å². The van der Waals surface area contributed by atoms with E-state index in [-0.39, 0.29) is 5.91 Å². The number of aromatic amines is 1. The number of thioether (sulfide) groups is 1. The molecule has 0 saturated heterocycles. The van der Waals surface area contributed by atoms with Crippen LogP contribution in [0.15, 0.2) is 24.5 Å². The quantitative estimate of drug-likeness (QED) is 0.797. The van der Waals surface area contributed by atoms with Gasteiger partial charge in [0.2, 0.25) is 0 Å². The van der Waals surface area contributed by atoms with Gasteiger partial charge in [-0.25, -0.2) is 4.98 Å². The zero-order chi connectivity index (χ0) is 12.1. The highest BCUT2D eigenvalue weighted by Gasteiger charge is 2.06. The van der Waals surface area contributed by atoms with E-state index in [0.717, 1.165) is 29.8 Å². The lowest BCUT2D eigenvalue weighted by molar-refractivity contribution is 0.0954. The van der Waals surface area contributed by atoms with E-state index >= 15 is 0 Å². The minimum absolute atomic E-state index is 0.0254. The van der Waals surface area contributed by atoms with E-state index in [1.54, 1.807) is 24.2 Å². The molecule has 0 bridgehead atoms. The number of hydrogen-bond donors (Lipinski definition) is 2. The molecule has 0 unspecified atom stereocenters. The van der Waals surface area contributed by atoms with Crippen LogP contribution >= 0.6 is 11.8 Å². The molecule has 1 heterocycles. The molecule has 2 N–H and O–H groups in total. The van der Waals surface area contributed by atoms with E-state index in [1.165, 1.54) is 0 Å². The minimum atomic E-state index is -0.0254. The van der Waals surface area contributed by atoms with Crippen molar-refractivity contribution in [3.63, 3.8) is 0 Å². The number of nitrogens with one attached hydrogen (secondary N) is 2. The van der Waals surface area contributed by atoms with Crippen molar-refractivity contribution in [2.75, 3.05) is 18.6 Å². The monoisotopic (exact) mass is 249 g/mol. The largest absolute Gasteiger partial charge is 0.352 e. The van der Waals surface area contributed by atoms with Gasteiger partial charge in [-0.2, -0.15) is 11.8 Å². The van der Waals surface area contributed by atoms with Crippen LogP contribution in [0.3, 0.4) is 0 Å². The topological polar surface area (TPSA) is 57.8 Å². The summed E-state index contributed by atoms with van der Waals surface area (Å²) in [5.41, 5.74) is 2.44. The Morgan fingerprint density at radius 1 is 1.53 bits per heavy atom. The van der Waals surface area contributed by atoms with E-state index < -0.39 is 0 Å². The SMILES string of the molecule is CSCCCNC(=O)c1ccc2nc[nH]c2c1. The van der Waals surface area contributed by atoms with E-state index in [0.29, 0.717) is 5.56 Å². The second-order valence-corrected chi connectivity index (χ2v) is 4.72. The first-order valence-electron chi connectivity index (χ1n) is 5.51. The second kappa shape index (κ2) is 5.72. The average Bonchev–Trinajstić information content (AvgIpc) is 2.81. The number of H-pyrrole nitrogens is 1. The fraction of sp³-hybridized carbons (Fsp3) is 0.333. The summed E-state index contributed by atoms with van der Waals surface area (Å²) in [7, 11) is 0. The summed E-state index contributed by atoms with van der Waals surface area (Å²) in [5, 5.41) is 2.90. The fourth-order valence-corrected chi connectivity index (χ4v) is 2.03. The third-order valence-corrected chi connectivity index (χ3v) is 3.19. The van der Waals surface area contributed by atoms with Crippen molar-refractivity contribution in [1.29, 1.82) is 0 Å². The van der Waals surface area contributed by atoms with Crippen LogP contribution in [0.4, 0.5) is 0 Å². The highest BCUT2D eigenvalue weighted by atomic mass is 32.2. The molecule has 5 heteroatoms. The lowest BCUT2D eigenvalue weighted by atomic mass is 10.2. The molecule has 0 saturated carbocycles. The molecular formula is C12H15N3OS. The van der Waals surface area contributed by atoms with Gasteiger partial charge >= 0.3 is 0 Å². The van der Waals surface area contributed by atoms with Crippen molar-refractivity contribution in [1.82, 2.24) is 15.3 Å². The highest BCUT2D eigenvalue weighted by molar-refractivity contribution is 7.98. The van der Waals surface area contributed by atoms with E-state index in [9.17, 15) is 4.79 Å². The molecule has 0 atom stereocenters. The van der Waals surface area contributed by atoms with Crippen LogP contribution in [0.5, 0.6) is 0 Å². The Labute approximate surface area is 104 Å². The molecule has 0 fully saturated rings. The van der Waals surface area contributed by atoms with Crippen LogP contribution < -0.4 is 5.32 Å². The van der Waals surface area contributed by atoms with Crippen molar-refractivity contribution in [2.24, 2.45) is 0 Å². The number of fused-ring (bicyclic) bond motifs is 1. The first-order valence-corrected chi connectivity index (χ1v) is 6.91. The molecule has 17 heavy (non-hydrogen) atoms. The lowest BCUT2D eigenvalue weighted by Gasteiger charge is -2.04. The third kappa shape index (κ3) is 3.00. The number of carbonyl (C=O) groups is 1. The Kier molecular flexibility index (Phi) is 4.03. The predicted molar refractivity (Wildman–Crippen MR) is 71.4 cm³/mol. The van der Waals surface area contributed by atoms with Crippen LogP contribution in [-0.4, -0.2) is 34.4 Å². The maximum Gasteiger partial charge on any atom is 0.251 e. The van der Waals surface area contributed by atoms with Gasteiger partial charge in [0.15, 0.2) is 0 Å². The van der Waals surface area contributed by atoms with E-state index in [4.69, 9.17) is 0 Å². The number of amides is 1. The zero-order valence-electron chi connectivity index (χ0n) is 9.69.